The molecule has 118 valence electrons. The highest BCUT2D eigenvalue weighted by molar-refractivity contribution is 5.24. The van der Waals surface area contributed by atoms with Crippen LogP contribution in [0.3, 0.4) is 0 Å². The summed E-state index contributed by atoms with van der Waals surface area (Å²) in [6, 6.07) is 22.0. The minimum absolute atomic E-state index is 0.662. The molecule has 0 saturated heterocycles. The van der Waals surface area contributed by atoms with Gasteiger partial charge in [0, 0.05) is 0 Å². The molecular formula is C22H30. The van der Waals surface area contributed by atoms with Crippen LogP contribution in [0.15, 0.2) is 60.7 Å². The molecule has 0 aromatic heterocycles. The van der Waals surface area contributed by atoms with E-state index in [-0.39, 0.29) is 0 Å². The quantitative estimate of drug-likeness (QED) is 0.424. The first-order valence-corrected chi connectivity index (χ1v) is 8.99. The summed E-state index contributed by atoms with van der Waals surface area (Å²) in [5.41, 5.74) is 2.96. The molecule has 2 aromatic rings. The second-order valence-electron chi connectivity index (χ2n) is 6.35. The highest BCUT2D eigenvalue weighted by Crippen LogP contribution is 2.26. The second-order valence-corrected chi connectivity index (χ2v) is 6.35. The molecular weight excluding hydrogens is 264 g/mol. The van der Waals surface area contributed by atoms with Crippen LogP contribution in [-0.4, -0.2) is 0 Å². The largest absolute Gasteiger partial charge is 0.0654 e. The maximum Gasteiger partial charge on any atom is -0.0121 e. The lowest BCUT2D eigenvalue weighted by molar-refractivity contribution is 0.536. The summed E-state index contributed by atoms with van der Waals surface area (Å²) in [6.45, 7) is 2.28. The standard InChI is InChI=1S/C22H30/c1-2-3-4-5-6-11-18-22(21-16-12-8-13-17-21)19-20-14-9-7-10-15-20/h7-10,12-17,22H,2-6,11,18-19H2,1H3. The van der Waals surface area contributed by atoms with Gasteiger partial charge in [0.1, 0.15) is 0 Å². The molecule has 0 heterocycles. The molecule has 1 unspecified atom stereocenters. The average Bonchev–Trinajstić information content (AvgIpc) is 2.58. The Morgan fingerprint density at radius 2 is 1.27 bits per heavy atom. The summed E-state index contributed by atoms with van der Waals surface area (Å²) in [4.78, 5) is 0. The summed E-state index contributed by atoms with van der Waals surface area (Å²) >= 11 is 0. The van der Waals surface area contributed by atoms with Gasteiger partial charge in [0.2, 0.25) is 0 Å². The van der Waals surface area contributed by atoms with Gasteiger partial charge in [0.25, 0.3) is 0 Å². The molecule has 2 rings (SSSR count). The van der Waals surface area contributed by atoms with E-state index in [1.54, 1.807) is 0 Å². The predicted octanol–water partition coefficient (Wildman–Crippen LogP) is 6.76. The first kappa shape index (κ1) is 16.8. The molecule has 0 aliphatic heterocycles. The molecule has 0 spiro atoms. The van der Waals surface area contributed by atoms with Gasteiger partial charge in [-0.05, 0) is 29.9 Å². The van der Waals surface area contributed by atoms with Crippen LogP contribution >= 0.6 is 0 Å². The monoisotopic (exact) mass is 294 g/mol. The predicted molar refractivity (Wildman–Crippen MR) is 97.3 cm³/mol. The van der Waals surface area contributed by atoms with Gasteiger partial charge < -0.3 is 0 Å². The van der Waals surface area contributed by atoms with Crippen molar-refractivity contribution in [2.75, 3.05) is 0 Å². The van der Waals surface area contributed by atoms with Crippen molar-refractivity contribution in [2.45, 2.75) is 64.2 Å². The van der Waals surface area contributed by atoms with E-state index in [0.717, 1.165) is 0 Å². The van der Waals surface area contributed by atoms with E-state index >= 15 is 0 Å². The van der Waals surface area contributed by atoms with E-state index in [4.69, 9.17) is 0 Å². The molecule has 0 fully saturated rings. The Bertz CT molecular complexity index is 486. The molecule has 0 saturated carbocycles. The topological polar surface area (TPSA) is 0 Å². The van der Waals surface area contributed by atoms with Gasteiger partial charge in [0.05, 0.1) is 0 Å². The van der Waals surface area contributed by atoms with Crippen LogP contribution in [0.25, 0.3) is 0 Å². The third-order valence-electron chi connectivity index (χ3n) is 4.50. The Morgan fingerprint density at radius 3 is 1.95 bits per heavy atom. The van der Waals surface area contributed by atoms with Crippen LogP contribution in [-0.2, 0) is 6.42 Å². The molecule has 0 N–H and O–H groups in total. The summed E-state index contributed by atoms with van der Waals surface area (Å²) in [5, 5.41) is 0. The van der Waals surface area contributed by atoms with Crippen LogP contribution in [0.2, 0.25) is 0 Å². The van der Waals surface area contributed by atoms with Gasteiger partial charge in [-0.1, -0.05) is 106 Å². The lowest BCUT2D eigenvalue weighted by atomic mass is 9.87. The first-order chi connectivity index (χ1) is 10.9. The number of rotatable bonds is 10. The molecule has 0 bridgehead atoms. The fraction of sp³-hybridized carbons (Fsp3) is 0.455. The fourth-order valence-electron chi connectivity index (χ4n) is 3.18. The van der Waals surface area contributed by atoms with Gasteiger partial charge in [-0.25, -0.2) is 0 Å². The van der Waals surface area contributed by atoms with Gasteiger partial charge >= 0.3 is 0 Å². The third kappa shape index (κ3) is 6.05. The molecule has 0 aliphatic rings. The average molecular weight is 294 g/mol. The van der Waals surface area contributed by atoms with Crippen molar-refractivity contribution in [1.29, 1.82) is 0 Å². The van der Waals surface area contributed by atoms with E-state index in [1.165, 1.54) is 62.5 Å². The number of unbranched alkanes of at least 4 members (excludes halogenated alkanes) is 5. The van der Waals surface area contributed by atoms with Crippen LogP contribution in [0.4, 0.5) is 0 Å². The molecule has 22 heavy (non-hydrogen) atoms. The molecule has 0 nitrogen and oxygen atoms in total. The molecule has 0 aliphatic carbocycles. The van der Waals surface area contributed by atoms with Crippen molar-refractivity contribution in [3.05, 3.63) is 71.8 Å². The van der Waals surface area contributed by atoms with Crippen molar-refractivity contribution >= 4 is 0 Å². The van der Waals surface area contributed by atoms with E-state index in [2.05, 4.69) is 67.6 Å². The van der Waals surface area contributed by atoms with Crippen molar-refractivity contribution in [3.8, 4) is 0 Å². The van der Waals surface area contributed by atoms with Crippen LogP contribution in [0, 0.1) is 0 Å². The van der Waals surface area contributed by atoms with Crippen molar-refractivity contribution in [1.82, 2.24) is 0 Å². The van der Waals surface area contributed by atoms with E-state index in [1.807, 2.05) is 0 Å². The van der Waals surface area contributed by atoms with E-state index in [0.29, 0.717) is 5.92 Å². The van der Waals surface area contributed by atoms with Crippen molar-refractivity contribution < 1.29 is 0 Å². The molecule has 0 amide bonds. The maximum absolute atomic E-state index is 2.30. The molecule has 0 radical (unpaired) electrons. The maximum atomic E-state index is 2.30. The molecule has 1 atom stereocenters. The molecule has 2 aromatic carbocycles. The molecule has 0 heteroatoms. The summed E-state index contributed by atoms with van der Waals surface area (Å²) in [6.07, 6.45) is 10.8. The van der Waals surface area contributed by atoms with Gasteiger partial charge in [-0.3, -0.25) is 0 Å². The number of hydrogen-bond donors (Lipinski definition) is 0. The minimum atomic E-state index is 0.662. The highest BCUT2D eigenvalue weighted by atomic mass is 14.2. The van der Waals surface area contributed by atoms with Gasteiger partial charge in [-0.15, -0.1) is 0 Å². The Labute approximate surface area is 136 Å². The normalized spacial score (nSPS) is 12.2. The van der Waals surface area contributed by atoms with Crippen molar-refractivity contribution in [2.24, 2.45) is 0 Å². The van der Waals surface area contributed by atoms with Crippen LogP contribution < -0.4 is 0 Å². The second kappa shape index (κ2) is 10.2. The fourth-order valence-corrected chi connectivity index (χ4v) is 3.18. The summed E-state index contributed by atoms with van der Waals surface area (Å²) < 4.78 is 0. The lowest BCUT2D eigenvalue weighted by Crippen LogP contribution is -2.03. The SMILES string of the molecule is CCCCCCCCC(Cc1ccccc1)c1ccccc1. The zero-order valence-corrected chi connectivity index (χ0v) is 14.0. The zero-order chi connectivity index (χ0) is 15.5. The van der Waals surface area contributed by atoms with Crippen LogP contribution in [0.1, 0.15) is 68.9 Å². The highest BCUT2D eigenvalue weighted by Gasteiger charge is 2.11. The van der Waals surface area contributed by atoms with Gasteiger partial charge in [0.15, 0.2) is 0 Å². The van der Waals surface area contributed by atoms with Crippen LogP contribution in [0.5, 0.6) is 0 Å². The lowest BCUT2D eigenvalue weighted by Gasteiger charge is -2.17. The van der Waals surface area contributed by atoms with Crippen molar-refractivity contribution in [3.63, 3.8) is 0 Å². The van der Waals surface area contributed by atoms with Gasteiger partial charge in [-0.2, -0.15) is 0 Å². The minimum Gasteiger partial charge on any atom is -0.0654 e. The summed E-state index contributed by atoms with van der Waals surface area (Å²) in [5.74, 6) is 0.662. The number of hydrogen-bond acceptors (Lipinski definition) is 0. The Hall–Kier alpha value is -1.56. The Balaban J connectivity index is 1.88. The van der Waals surface area contributed by atoms with E-state index < -0.39 is 0 Å². The Morgan fingerprint density at radius 1 is 0.682 bits per heavy atom. The summed E-state index contributed by atoms with van der Waals surface area (Å²) in [7, 11) is 0. The van der Waals surface area contributed by atoms with E-state index in [9.17, 15) is 0 Å². The third-order valence-corrected chi connectivity index (χ3v) is 4.50. The number of benzene rings is 2. The Kier molecular flexibility index (Phi) is 7.80. The zero-order valence-electron chi connectivity index (χ0n) is 14.0. The first-order valence-electron chi connectivity index (χ1n) is 8.99. The smallest absolute Gasteiger partial charge is 0.0121 e.